The number of carbonyl (C=O) groups is 2. The monoisotopic (exact) mass is 564 g/mol. The van der Waals surface area contributed by atoms with Gasteiger partial charge < -0.3 is 29.9 Å². The van der Waals surface area contributed by atoms with Crippen LogP contribution in [0.1, 0.15) is 78.7 Å². The summed E-state index contributed by atoms with van der Waals surface area (Å²) in [6.07, 6.45) is -1.87. The van der Waals surface area contributed by atoms with Gasteiger partial charge in [-0.15, -0.1) is 0 Å². The Bertz CT molecular complexity index is 1310. The number of alkyl halides is 3. The van der Waals surface area contributed by atoms with E-state index < -0.39 is 35.3 Å². The number of hydrogen-bond donors (Lipinski definition) is 3. The molecule has 2 fully saturated rings. The maximum absolute atomic E-state index is 13.7. The number of carboxylic acid groups (broad SMARTS) is 1. The number of nitrogens with zero attached hydrogens (tertiary/aromatic N) is 2. The highest BCUT2D eigenvalue weighted by Crippen LogP contribution is 2.35. The minimum Gasteiger partial charge on any atom is -0.465 e. The van der Waals surface area contributed by atoms with Gasteiger partial charge in [-0.2, -0.15) is 13.2 Å². The van der Waals surface area contributed by atoms with Crippen molar-refractivity contribution in [3.8, 4) is 0 Å². The van der Waals surface area contributed by atoms with Crippen molar-refractivity contribution >= 4 is 17.7 Å². The number of piperidine rings is 1. The SMILES string of the molecule is Cc1c(C(C)NC(=O)c2cn(C3CCOCC3)c(=O)cc2NC2(C)CCN(C(=O)O)CC2)cccc1C(F)(F)F. The van der Waals surface area contributed by atoms with E-state index >= 15 is 0 Å². The standard InChI is InChI=1S/C28H35F3N4O5/c1-17-20(5-4-6-22(17)28(29,30)31)18(2)32-25(37)21-16-35(19-7-13-40-14-8-19)24(36)15-23(21)33-27(3)9-11-34(12-10-27)26(38)39/h4-6,15-16,18-19,33H,7-14H2,1-3H3,(H,32,37)(H,38,39). The molecule has 2 amide bonds. The fourth-order valence-electron chi connectivity index (χ4n) is 5.50. The van der Waals surface area contributed by atoms with Crippen molar-refractivity contribution < 1.29 is 32.6 Å². The number of carbonyl (C=O) groups excluding carboxylic acids is 1. The van der Waals surface area contributed by atoms with Crippen molar-refractivity contribution in [1.29, 1.82) is 0 Å². The molecule has 2 aliphatic rings. The molecule has 2 saturated heterocycles. The van der Waals surface area contributed by atoms with E-state index in [0.29, 0.717) is 63.2 Å². The van der Waals surface area contributed by atoms with Crippen LogP contribution in [0.2, 0.25) is 0 Å². The lowest BCUT2D eigenvalue weighted by atomic mass is 9.89. The van der Waals surface area contributed by atoms with Crippen LogP contribution < -0.4 is 16.2 Å². The van der Waals surface area contributed by atoms with E-state index in [1.165, 1.54) is 34.7 Å². The summed E-state index contributed by atoms with van der Waals surface area (Å²) in [6.45, 7) is 6.48. The van der Waals surface area contributed by atoms with Crippen LogP contribution in [0.15, 0.2) is 35.3 Å². The van der Waals surface area contributed by atoms with Gasteiger partial charge in [0.1, 0.15) is 0 Å². The molecule has 4 rings (SSSR count). The second-order valence-electron chi connectivity index (χ2n) is 10.9. The molecular weight excluding hydrogens is 529 g/mol. The number of rotatable bonds is 6. The average molecular weight is 565 g/mol. The first-order chi connectivity index (χ1) is 18.8. The lowest BCUT2D eigenvalue weighted by Gasteiger charge is -2.40. The number of aromatic nitrogens is 1. The third-order valence-corrected chi connectivity index (χ3v) is 7.98. The predicted molar refractivity (Wildman–Crippen MR) is 143 cm³/mol. The van der Waals surface area contributed by atoms with Crippen LogP contribution in [0, 0.1) is 6.92 Å². The fraction of sp³-hybridized carbons (Fsp3) is 0.536. The Morgan fingerprint density at radius 1 is 1.18 bits per heavy atom. The molecule has 1 aromatic carbocycles. The molecule has 2 aliphatic heterocycles. The van der Waals surface area contributed by atoms with Crippen molar-refractivity contribution in [3.63, 3.8) is 0 Å². The summed E-state index contributed by atoms with van der Waals surface area (Å²) >= 11 is 0. The highest BCUT2D eigenvalue weighted by atomic mass is 19.4. The van der Waals surface area contributed by atoms with E-state index in [2.05, 4.69) is 10.6 Å². The van der Waals surface area contributed by atoms with Gasteiger partial charge in [-0.05, 0) is 63.6 Å². The minimum atomic E-state index is -4.52. The summed E-state index contributed by atoms with van der Waals surface area (Å²) in [5.41, 5.74) is -0.785. The summed E-state index contributed by atoms with van der Waals surface area (Å²) in [7, 11) is 0. The summed E-state index contributed by atoms with van der Waals surface area (Å²) in [5, 5.41) is 15.4. The van der Waals surface area contributed by atoms with E-state index in [1.807, 2.05) is 6.92 Å². The second-order valence-corrected chi connectivity index (χ2v) is 10.9. The average Bonchev–Trinajstić information content (AvgIpc) is 2.88. The van der Waals surface area contributed by atoms with E-state index in [9.17, 15) is 32.7 Å². The maximum Gasteiger partial charge on any atom is 0.416 e. The molecular formula is C28H35F3N4O5. The summed E-state index contributed by atoms with van der Waals surface area (Å²) in [5.74, 6) is -0.542. The molecule has 40 heavy (non-hydrogen) atoms. The Hall–Kier alpha value is -3.54. The first kappa shape index (κ1) is 29.4. The number of hydrogen-bond acceptors (Lipinski definition) is 5. The molecule has 1 atom stereocenters. The fourth-order valence-corrected chi connectivity index (χ4v) is 5.50. The predicted octanol–water partition coefficient (Wildman–Crippen LogP) is 4.96. The van der Waals surface area contributed by atoms with Gasteiger partial charge in [0.15, 0.2) is 0 Å². The van der Waals surface area contributed by atoms with Crippen molar-refractivity contribution in [2.24, 2.45) is 0 Å². The Balaban J connectivity index is 1.66. The Labute approximate surface area is 230 Å². The van der Waals surface area contributed by atoms with E-state index in [4.69, 9.17) is 4.74 Å². The van der Waals surface area contributed by atoms with Crippen molar-refractivity contribution in [2.45, 2.75) is 70.3 Å². The van der Waals surface area contributed by atoms with Crippen LogP contribution in [0.3, 0.4) is 0 Å². The highest BCUT2D eigenvalue weighted by molar-refractivity contribution is 5.99. The lowest BCUT2D eigenvalue weighted by molar-refractivity contribution is -0.138. The van der Waals surface area contributed by atoms with Gasteiger partial charge in [-0.3, -0.25) is 9.59 Å². The summed E-state index contributed by atoms with van der Waals surface area (Å²) in [6, 6.07) is 4.35. The van der Waals surface area contributed by atoms with Gasteiger partial charge >= 0.3 is 12.3 Å². The van der Waals surface area contributed by atoms with E-state index in [0.717, 1.165) is 6.07 Å². The van der Waals surface area contributed by atoms with Crippen molar-refractivity contribution in [3.05, 3.63) is 63.1 Å². The molecule has 0 saturated carbocycles. The normalized spacial score (nSPS) is 18.7. The van der Waals surface area contributed by atoms with Gasteiger partial charge in [0.05, 0.1) is 22.9 Å². The van der Waals surface area contributed by atoms with Crippen LogP contribution in [0.25, 0.3) is 0 Å². The van der Waals surface area contributed by atoms with Crippen LogP contribution in [-0.4, -0.2) is 58.4 Å². The first-order valence-corrected chi connectivity index (χ1v) is 13.4. The van der Waals surface area contributed by atoms with Crippen molar-refractivity contribution in [2.75, 3.05) is 31.6 Å². The molecule has 218 valence electrons. The minimum absolute atomic E-state index is 0.0334. The van der Waals surface area contributed by atoms with E-state index in [-0.39, 0.29) is 22.7 Å². The summed E-state index contributed by atoms with van der Waals surface area (Å²) < 4.78 is 47.4. The van der Waals surface area contributed by atoms with Gasteiger partial charge in [0.25, 0.3) is 11.5 Å². The zero-order chi connectivity index (χ0) is 29.2. The van der Waals surface area contributed by atoms with Gasteiger partial charge in [0.2, 0.25) is 0 Å². The van der Waals surface area contributed by atoms with Crippen molar-refractivity contribution in [1.82, 2.24) is 14.8 Å². The molecule has 0 aliphatic carbocycles. The molecule has 1 unspecified atom stereocenters. The number of anilines is 1. The van der Waals surface area contributed by atoms with Crippen LogP contribution in [0.4, 0.5) is 23.7 Å². The Kier molecular flexibility index (Phi) is 8.48. The third-order valence-electron chi connectivity index (χ3n) is 7.98. The number of halogens is 3. The highest BCUT2D eigenvalue weighted by Gasteiger charge is 2.35. The molecule has 12 heteroatoms. The second kappa shape index (κ2) is 11.5. The number of pyridine rings is 1. The zero-order valence-electron chi connectivity index (χ0n) is 22.8. The van der Waals surface area contributed by atoms with Gasteiger partial charge in [0, 0.05) is 50.1 Å². The number of ether oxygens (including phenoxy) is 1. The maximum atomic E-state index is 13.7. The van der Waals surface area contributed by atoms with Crippen LogP contribution >= 0.6 is 0 Å². The van der Waals surface area contributed by atoms with Crippen LogP contribution in [0.5, 0.6) is 0 Å². The zero-order valence-corrected chi connectivity index (χ0v) is 22.8. The summed E-state index contributed by atoms with van der Waals surface area (Å²) in [4.78, 5) is 39.5. The Morgan fingerprint density at radius 3 is 2.42 bits per heavy atom. The number of amides is 2. The first-order valence-electron chi connectivity index (χ1n) is 13.4. The quantitative estimate of drug-likeness (QED) is 0.457. The molecule has 0 radical (unpaired) electrons. The van der Waals surface area contributed by atoms with Gasteiger partial charge in [-0.25, -0.2) is 4.79 Å². The van der Waals surface area contributed by atoms with Gasteiger partial charge in [-0.1, -0.05) is 12.1 Å². The molecule has 0 bridgehead atoms. The van der Waals surface area contributed by atoms with Crippen LogP contribution in [-0.2, 0) is 10.9 Å². The number of benzene rings is 1. The van der Waals surface area contributed by atoms with E-state index in [1.54, 1.807) is 13.0 Å². The largest absolute Gasteiger partial charge is 0.465 e. The molecule has 2 aromatic rings. The topological polar surface area (TPSA) is 113 Å². The molecule has 1 aromatic heterocycles. The lowest BCUT2D eigenvalue weighted by Crippen LogP contribution is -2.49. The molecule has 9 nitrogen and oxygen atoms in total. The smallest absolute Gasteiger partial charge is 0.416 e. The number of nitrogens with one attached hydrogen (secondary N) is 2. The Morgan fingerprint density at radius 2 is 1.82 bits per heavy atom. The molecule has 3 N–H and O–H groups in total. The number of likely N-dealkylation sites (tertiary alicyclic amines) is 1. The third kappa shape index (κ3) is 6.43. The molecule has 3 heterocycles. The molecule has 0 spiro atoms.